The van der Waals surface area contributed by atoms with Crippen LogP contribution in [0, 0.1) is 0 Å². The number of ether oxygens (including phenoxy) is 1. The van der Waals surface area contributed by atoms with Crippen molar-refractivity contribution in [1.29, 1.82) is 0 Å². The first-order valence-electron chi connectivity index (χ1n) is 5.02. The molecule has 16 heavy (non-hydrogen) atoms. The Bertz CT molecular complexity index is 471. The van der Waals surface area contributed by atoms with Gasteiger partial charge in [0, 0.05) is 16.7 Å². The molecule has 3 heteroatoms. The lowest BCUT2D eigenvalue weighted by Crippen LogP contribution is -1.93. The molecule has 1 aromatic heterocycles. The van der Waals surface area contributed by atoms with E-state index >= 15 is 0 Å². The van der Waals surface area contributed by atoms with E-state index < -0.39 is 0 Å². The van der Waals surface area contributed by atoms with Crippen molar-refractivity contribution in [2.75, 3.05) is 7.11 Å². The van der Waals surface area contributed by atoms with Gasteiger partial charge in [0.15, 0.2) is 0 Å². The Morgan fingerprint density at radius 1 is 1.25 bits per heavy atom. The lowest BCUT2D eigenvalue weighted by Gasteiger charge is -2.06. The van der Waals surface area contributed by atoms with Crippen LogP contribution in [0.15, 0.2) is 47.1 Å². The molecule has 0 saturated carbocycles. The zero-order chi connectivity index (χ0) is 11.4. The molecule has 0 unspecified atom stereocenters. The first-order chi connectivity index (χ1) is 7.79. The van der Waals surface area contributed by atoms with E-state index in [9.17, 15) is 0 Å². The molecule has 0 N–H and O–H groups in total. The summed E-state index contributed by atoms with van der Waals surface area (Å²) < 4.78 is 6.13. The van der Waals surface area contributed by atoms with E-state index in [1.165, 1.54) is 11.1 Å². The van der Waals surface area contributed by atoms with Crippen LogP contribution < -0.4 is 4.74 Å². The molecule has 0 spiro atoms. The molecular formula is C13H12BrNO. The Balaban J connectivity index is 2.27. The first-order valence-corrected chi connectivity index (χ1v) is 5.81. The first kappa shape index (κ1) is 11.1. The van der Waals surface area contributed by atoms with Crippen LogP contribution in [0.25, 0.3) is 0 Å². The topological polar surface area (TPSA) is 22.1 Å². The smallest absolute Gasteiger partial charge is 0.213 e. The fourth-order valence-corrected chi connectivity index (χ4v) is 1.88. The van der Waals surface area contributed by atoms with Crippen molar-refractivity contribution in [2.24, 2.45) is 0 Å². The third kappa shape index (κ3) is 2.61. The average molecular weight is 278 g/mol. The van der Waals surface area contributed by atoms with E-state index in [0.29, 0.717) is 5.88 Å². The summed E-state index contributed by atoms with van der Waals surface area (Å²) in [6.07, 6.45) is 2.65. The van der Waals surface area contributed by atoms with Gasteiger partial charge >= 0.3 is 0 Å². The molecular weight excluding hydrogens is 266 g/mol. The number of hydrogen-bond acceptors (Lipinski definition) is 2. The Morgan fingerprint density at radius 2 is 2.00 bits per heavy atom. The molecule has 2 nitrogen and oxygen atoms in total. The summed E-state index contributed by atoms with van der Waals surface area (Å²) in [5.41, 5.74) is 2.45. The van der Waals surface area contributed by atoms with Gasteiger partial charge in [-0.1, -0.05) is 30.3 Å². The quantitative estimate of drug-likeness (QED) is 0.858. The second kappa shape index (κ2) is 5.12. The summed E-state index contributed by atoms with van der Waals surface area (Å²) in [5.74, 6) is 0.647. The number of aromatic nitrogens is 1. The van der Waals surface area contributed by atoms with Crippen molar-refractivity contribution in [3.8, 4) is 5.88 Å². The highest BCUT2D eigenvalue weighted by atomic mass is 79.9. The molecule has 82 valence electrons. The van der Waals surface area contributed by atoms with Gasteiger partial charge in [-0.3, -0.25) is 0 Å². The standard InChI is InChI=1S/C13H12BrNO/c1-16-13-8-11(12(14)9-15-13)7-10-5-3-2-4-6-10/h2-6,8-9H,7H2,1H3. The SMILES string of the molecule is COc1cc(Cc2ccccc2)c(Br)cn1. The highest BCUT2D eigenvalue weighted by molar-refractivity contribution is 9.10. The molecule has 0 aliphatic heterocycles. The summed E-state index contributed by atoms with van der Waals surface area (Å²) in [4.78, 5) is 4.13. The maximum atomic E-state index is 5.12. The number of pyridine rings is 1. The monoisotopic (exact) mass is 277 g/mol. The second-order valence-electron chi connectivity index (χ2n) is 3.48. The molecule has 0 atom stereocenters. The molecule has 0 bridgehead atoms. The number of nitrogens with zero attached hydrogens (tertiary/aromatic N) is 1. The van der Waals surface area contributed by atoms with Crippen molar-refractivity contribution in [1.82, 2.24) is 4.98 Å². The fourth-order valence-electron chi connectivity index (χ4n) is 1.52. The Kier molecular flexibility index (Phi) is 3.57. The fraction of sp³-hybridized carbons (Fsp3) is 0.154. The van der Waals surface area contributed by atoms with Crippen molar-refractivity contribution in [3.63, 3.8) is 0 Å². The normalized spacial score (nSPS) is 10.1. The molecule has 0 radical (unpaired) electrons. The summed E-state index contributed by atoms with van der Waals surface area (Å²) in [5, 5.41) is 0. The predicted molar refractivity (Wildman–Crippen MR) is 67.7 cm³/mol. The molecule has 0 amide bonds. The van der Waals surface area contributed by atoms with Crippen molar-refractivity contribution >= 4 is 15.9 Å². The molecule has 2 aromatic rings. The van der Waals surface area contributed by atoms with E-state index in [1.807, 2.05) is 24.3 Å². The molecule has 2 rings (SSSR count). The van der Waals surface area contributed by atoms with Crippen LogP contribution >= 0.6 is 15.9 Å². The third-order valence-electron chi connectivity index (χ3n) is 2.36. The molecule has 1 heterocycles. The zero-order valence-corrected chi connectivity index (χ0v) is 10.6. The second-order valence-corrected chi connectivity index (χ2v) is 4.33. The molecule has 0 aliphatic rings. The van der Waals surface area contributed by atoms with Crippen LogP contribution in [0.4, 0.5) is 0 Å². The van der Waals surface area contributed by atoms with Gasteiger partial charge in [0.2, 0.25) is 5.88 Å². The Labute approximate surface area is 103 Å². The molecule has 0 aliphatic carbocycles. The number of hydrogen-bond donors (Lipinski definition) is 0. The van der Waals surface area contributed by atoms with Crippen LogP contribution in [0.5, 0.6) is 5.88 Å². The van der Waals surface area contributed by atoms with Gasteiger partial charge in [-0.2, -0.15) is 0 Å². The Hall–Kier alpha value is -1.35. The molecule has 1 aromatic carbocycles. The minimum Gasteiger partial charge on any atom is -0.481 e. The van der Waals surface area contributed by atoms with Crippen molar-refractivity contribution in [3.05, 3.63) is 58.2 Å². The lowest BCUT2D eigenvalue weighted by molar-refractivity contribution is 0.397. The average Bonchev–Trinajstić information content (AvgIpc) is 2.33. The Morgan fingerprint density at radius 3 is 2.69 bits per heavy atom. The minimum atomic E-state index is 0.647. The van der Waals surface area contributed by atoms with Gasteiger partial charge in [-0.05, 0) is 33.5 Å². The van der Waals surface area contributed by atoms with Crippen LogP contribution in [-0.4, -0.2) is 12.1 Å². The number of halogens is 1. The van der Waals surface area contributed by atoms with Gasteiger partial charge in [0.05, 0.1) is 7.11 Å². The number of benzene rings is 1. The van der Waals surface area contributed by atoms with Gasteiger partial charge in [0.25, 0.3) is 0 Å². The molecule has 0 fully saturated rings. The predicted octanol–water partition coefficient (Wildman–Crippen LogP) is 3.44. The van der Waals surface area contributed by atoms with Crippen LogP contribution in [0.1, 0.15) is 11.1 Å². The zero-order valence-electron chi connectivity index (χ0n) is 8.98. The highest BCUT2D eigenvalue weighted by Crippen LogP contribution is 2.22. The van der Waals surface area contributed by atoms with Gasteiger partial charge in [0.1, 0.15) is 0 Å². The minimum absolute atomic E-state index is 0.647. The van der Waals surface area contributed by atoms with Gasteiger partial charge < -0.3 is 4.74 Å². The third-order valence-corrected chi connectivity index (χ3v) is 3.07. The lowest BCUT2D eigenvalue weighted by atomic mass is 10.1. The van der Waals surface area contributed by atoms with E-state index in [1.54, 1.807) is 13.3 Å². The van der Waals surface area contributed by atoms with E-state index in [2.05, 4.69) is 33.0 Å². The number of rotatable bonds is 3. The highest BCUT2D eigenvalue weighted by Gasteiger charge is 2.04. The van der Waals surface area contributed by atoms with Crippen LogP contribution in [0.3, 0.4) is 0 Å². The maximum absolute atomic E-state index is 5.12. The van der Waals surface area contributed by atoms with Crippen molar-refractivity contribution in [2.45, 2.75) is 6.42 Å². The van der Waals surface area contributed by atoms with Crippen LogP contribution in [0.2, 0.25) is 0 Å². The van der Waals surface area contributed by atoms with Gasteiger partial charge in [-0.25, -0.2) is 4.98 Å². The van der Waals surface area contributed by atoms with Crippen LogP contribution in [-0.2, 0) is 6.42 Å². The summed E-state index contributed by atoms with van der Waals surface area (Å²) in [6, 6.07) is 12.3. The van der Waals surface area contributed by atoms with Gasteiger partial charge in [-0.15, -0.1) is 0 Å². The summed E-state index contributed by atoms with van der Waals surface area (Å²) in [7, 11) is 1.63. The summed E-state index contributed by atoms with van der Waals surface area (Å²) >= 11 is 3.50. The van der Waals surface area contributed by atoms with Crippen molar-refractivity contribution < 1.29 is 4.74 Å². The van der Waals surface area contributed by atoms with E-state index in [-0.39, 0.29) is 0 Å². The summed E-state index contributed by atoms with van der Waals surface area (Å²) in [6.45, 7) is 0. The van der Waals surface area contributed by atoms with E-state index in [4.69, 9.17) is 4.74 Å². The number of methoxy groups -OCH3 is 1. The maximum Gasteiger partial charge on any atom is 0.213 e. The van der Waals surface area contributed by atoms with E-state index in [0.717, 1.165) is 10.9 Å². The largest absolute Gasteiger partial charge is 0.481 e. The molecule has 0 saturated heterocycles.